The quantitative estimate of drug-likeness (QED) is 0.482. The van der Waals surface area contributed by atoms with Crippen LogP contribution in [0.25, 0.3) is 0 Å². The molecule has 1 unspecified atom stereocenters. The summed E-state index contributed by atoms with van der Waals surface area (Å²) in [6.07, 6.45) is 0.221. The summed E-state index contributed by atoms with van der Waals surface area (Å²) in [4.78, 5) is 34.3. The van der Waals surface area contributed by atoms with E-state index in [1.165, 1.54) is 0 Å². The second-order valence-electron chi connectivity index (χ2n) is 3.08. The first-order valence-electron chi connectivity index (χ1n) is 4.05. The van der Waals surface area contributed by atoms with Crippen molar-refractivity contribution in [3.8, 4) is 0 Å². The fourth-order valence-electron chi connectivity index (χ4n) is 1.58. The van der Waals surface area contributed by atoms with Crippen molar-refractivity contribution in [3.05, 3.63) is 0 Å². The molecule has 0 aliphatic carbocycles. The van der Waals surface area contributed by atoms with Gasteiger partial charge in [0.25, 0.3) is 0 Å². The van der Waals surface area contributed by atoms with Gasteiger partial charge in [0.15, 0.2) is 0 Å². The zero-order valence-electron chi connectivity index (χ0n) is 6.87. The first kappa shape index (κ1) is 8.03. The molecule has 2 fully saturated rings. The Morgan fingerprint density at radius 3 is 2.46 bits per heavy atom. The molecule has 0 saturated carbocycles. The summed E-state index contributed by atoms with van der Waals surface area (Å²) in [7, 11) is 0. The van der Waals surface area contributed by atoms with Crippen molar-refractivity contribution < 1.29 is 14.4 Å². The summed E-state index contributed by atoms with van der Waals surface area (Å²) in [6.45, 7) is 0.418. The molecule has 13 heavy (non-hydrogen) atoms. The summed E-state index contributed by atoms with van der Waals surface area (Å²) in [5.74, 6) is -0.371. The third-order valence-electron chi connectivity index (χ3n) is 2.20. The third-order valence-corrected chi connectivity index (χ3v) is 2.20. The maximum Gasteiger partial charge on any atom is 0.324 e. The van der Waals surface area contributed by atoms with Crippen molar-refractivity contribution in [2.24, 2.45) is 0 Å². The number of nitrogens with one attached hydrogen (secondary N) is 2. The summed E-state index contributed by atoms with van der Waals surface area (Å²) < 4.78 is 0. The van der Waals surface area contributed by atoms with Crippen LogP contribution in [0.1, 0.15) is 6.42 Å². The molecule has 1 atom stereocenters. The predicted molar refractivity (Wildman–Crippen MR) is 41.7 cm³/mol. The molecule has 0 radical (unpaired) electrons. The second kappa shape index (κ2) is 2.72. The molecule has 2 saturated heterocycles. The zero-order chi connectivity index (χ0) is 9.42. The fraction of sp³-hybridized carbons (Fsp3) is 0.571. The Morgan fingerprint density at radius 2 is 2.00 bits per heavy atom. The Labute approximate surface area is 74.3 Å². The molecule has 2 N–H and O–H groups in total. The lowest BCUT2D eigenvalue weighted by Gasteiger charge is -2.17. The van der Waals surface area contributed by atoms with Gasteiger partial charge in [0.1, 0.15) is 0 Å². The summed E-state index contributed by atoms with van der Waals surface area (Å²) in [5.41, 5.74) is 0. The molecule has 2 aliphatic rings. The topological polar surface area (TPSA) is 78.5 Å². The van der Waals surface area contributed by atoms with Gasteiger partial charge in [-0.05, 0) is 0 Å². The number of hydrogen-bond acceptors (Lipinski definition) is 3. The van der Waals surface area contributed by atoms with Gasteiger partial charge in [-0.3, -0.25) is 14.5 Å². The molecule has 4 amide bonds. The summed E-state index contributed by atoms with van der Waals surface area (Å²) >= 11 is 0. The van der Waals surface area contributed by atoms with Crippen LogP contribution in [0.3, 0.4) is 0 Å². The van der Waals surface area contributed by atoms with Gasteiger partial charge in [-0.1, -0.05) is 0 Å². The van der Waals surface area contributed by atoms with Gasteiger partial charge < -0.3 is 10.6 Å². The Balaban J connectivity index is 2.11. The molecular formula is C7H9N3O3. The summed E-state index contributed by atoms with van der Waals surface area (Å²) in [5, 5.41) is 4.98. The highest BCUT2D eigenvalue weighted by atomic mass is 16.2. The van der Waals surface area contributed by atoms with Gasteiger partial charge in [-0.25, -0.2) is 4.79 Å². The highest BCUT2D eigenvalue weighted by Crippen LogP contribution is 2.12. The van der Waals surface area contributed by atoms with E-state index in [2.05, 4.69) is 10.6 Å². The predicted octanol–water partition coefficient (Wildman–Crippen LogP) is -1.57. The normalized spacial score (nSPS) is 27.8. The maximum atomic E-state index is 11.2. The van der Waals surface area contributed by atoms with Gasteiger partial charge in [0, 0.05) is 13.0 Å². The van der Waals surface area contributed by atoms with E-state index in [1.54, 1.807) is 0 Å². The van der Waals surface area contributed by atoms with Crippen LogP contribution in [-0.4, -0.2) is 41.9 Å². The lowest BCUT2D eigenvalue weighted by atomic mass is 10.2. The van der Waals surface area contributed by atoms with Crippen LogP contribution in [-0.2, 0) is 9.59 Å². The van der Waals surface area contributed by atoms with E-state index >= 15 is 0 Å². The van der Waals surface area contributed by atoms with Crippen LogP contribution < -0.4 is 10.6 Å². The lowest BCUT2D eigenvalue weighted by Crippen LogP contribution is -2.41. The molecule has 0 aromatic carbocycles. The van der Waals surface area contributed by atoms with Gasteiger partial charge in [0.2, 0.25) is 11.8 Å². The minimum atomic E-state index is -0.397. The smallest absolute Gasteiger partial charge is 0.324 e. The molecule has 2 rings (SSSR count). The number of carbonyl (C=O) groups excluding carboxylic acids is 3. The minimum absolute atomic E-state index is 0.0452. The molecule has 0 bridgehead atoms. The van der Waals surface area contributed by atoms with Crippen LogP contribution in [0, 0.1) is 0 Å². The largest absolute Gasteiger partial charge is 0.354 e. The fourth-order valence-corrected chi connectivity index (χ4v) is 1.58. The standard InChI is InChI=1S/C7H9N3O3/c11-5-1-4(2-8-5)10-6(12)3-9-7(10)13/h4H,1-3H2,(H,8,11)(H,9,13). The van der Waals surface area contributed by atoms with E-state index in [0.29, 0.717) is 6.54 Å². The molecule has 2 heterocycles. The van der Waals surface area contributed by atoms with Crippen LogP contribution >= 0.6 is 0 Å². The van der Waals surface area contributed by atoms with E-state index in [0.717, 1.165) is 4.90 Å². The van der Waals surface area contributed by atoms with E-state index in [9.17, 15) is 14.4 Å². The second-order valence-corrected chi connectivity index (χ2v) is 3.08. The number of hydrogen-bond donors (Lipinski definition) is 2. The Bertz CT molecular complexity index is 273. The highest BCUT2D eigenvalue weighted by molar-refractivity contribution is 6.03. The Morgan fingerprint density at radius 1 is 1.23 bits per heavy atom. The first-order chi connectivity index (χ1) is 6.18. The summed E-state index contributed by atoms with van der Waals surface area (Å²) in [6, 6.07) is -0.700. The monoisotopic (exact) mass is 183 g/mol. The van der Waals surface area contributed by atoms with Crippen molar-refractivity contribution in [3.63, 3.8) is 0 Å². The van der Waals surface area contributed by atoms with E-state index in [1.807, 2.05) is 0 Å². The van der Waals surface area contributed by atoms with Gasteiger partial charge in [-0.2, -0.15) is 0 Å². The minimum Gasteiger partial charge on any atom is -0.354 e. The Kier molecular flexibility index (Phi) is 1.68. The number of urea groups is 1. The van der Waals surface area contributed by atoms with Crippen molar-refractivity contribution in [2.75, 3.05) is 13.1 Å². The van der Waals surface area contributed by atoms with Crippen molar-refractivity contribution in [1.29, 1.82) is 0 Å². The average molecular weight is 183 g/mol. The van der Waals surface area contributed by atoms with E-state index in [-0.39, 0.29) is 30.8 Å². The van der Waals surface area contributed by atoms with Gasteiger partial charge >= 0.3 is 6.03 Å². The lowest BCUT2D eigenvalue weighted by molar-refractivity contribution is -0.126. The number of amides is 4. The SMILES string of the molecule is O=C1CC(N2C(=O)CNC2=O)CN1. The molecular weight excluding hydrogens is 174 g/mol. The average Bonchev–Trinajstić information content (AvgIpc) is 2.60. The van der Waals surface area contributed by atoms with Crippen LogP contribution in [0.15, 0.2) is 0 Å². The van der Waals surface area contributed by atoms with Crippen LogP contribution in [0.2, 0.25) is 0 Å². The molecule has 2 aliphatic heterocycles. The zero-order valence-corrected chi connectivity index (χ0v) is 6.87. The van der Waals surface area contributed by atoms with Crippen LogP contribution in [0.5, 0.6) is 0 Å². The molecule has 0 aromatic rings. The molecule has 0 aromatic heterocycles. The number of imide groups is 1. The molecule has 6 heteroatoms. The van der Waals surface area contributed by atoms with Crippen molar-refractivity contribution >= 4 is 17.8 Å². The van der Waals surface area contributed by atoms with Crippen molar-refractivity contribution in [2.45, 2.75) is 12.5 Å². The molecule has 0 spiro atoms. The van der Waals surface area contributed by atoms with Gasteiger partial charge in [-0.15, -0.1) is 0 Å². The van der Waals surface area contributed by atoms with E-state index < -0.39 is 6.03 Å². The number of rotatable bonds is 1. The van der Waals surface area contributed by atoms with Crippen molar-refractivity contribution in [1.82, 2.24) is 15.5 Å². The van der Waals surface area contributed by atoms with Gasteiger partial charge in [0.05, 0.1) is 12.6 Å². The number of carbonyl (C=O) groups is 3. The Hall–Kier alpha value is -1.59. The maximum absolute atomic E-state index is 11.2. The first-order valence-corrected chi connectivity index (χ1v) is 4.05. The van der Waals surface area contributed by atoms with E-state index in [4.69, 9.17) is 0 Å². The van der Waals surface area contributed by atoms with Crippen LogP contribution in [0.4, 0.5) is 4.79 Å². The molecule has 6 nitrogen and oxygen atoms in total. The highest BCUT2D eigenvalue weighted by Gasteiger charge is 2.38. The third kappa shape index (κ3) is 1.24. The number of nitrogens with zero attached hydrogens (tertiary/aromatic N) is 1. The molecule has 70 valence electrons.